The molecule has 5 rings (SSSR count). The van der Waals surface area contributed by atoms with Crippen molar-refractivity contribution < 1.29 is 19.4 Å². The minimum Gasteiger partial charge on any atom is -0.489 e. The molecule has 0 unspecified atom stereocenters. The van der Waals surface area contributed by atoms with Crippen molar-refractivity contribution >= 4 is 46.3 Å². The van der Waals surface area contributed by atoms with E-state index in [0.29, 0.717) is 22.4 Å². The van der Waals surface area contributed by atoms with Gasteiger partial charge in [-0.15, -0.1) is 0 Å². The fraction of sp³-hybridized carbons (Fsp3) is 0.297. The number of unbranched alkanes of at least 4 members (excludes halogenated alkanes) is 7. The Bertz CT molecular complexity index is 1640. The number of aliphatic carboxylic acids is 1. The van der Waals surface area contributed by atoms with Crippen molar-refractivity contribution in [2.75, 3.05) is 6.54 Å². The topological polar surface area (TPSA) is 84.7 Å². The van der Waals surface area contributed by atoms with Crippen molar-refractivity contribution in [3.63, 3.8) is 0 Å². The van der Waals surface area contributed by atoms with Crippen molar-refractivity contribution in [1.82, 2.24) is 14.7 Å². The minimum atomic E-state index is -0.719. The first-order valence-electron chi connectivity index (χ1n) is 15.9. The van der Waals surface area contributed by atoms with Crippen LogP contribution >= 0.6 is 24.0 Å². The minimum absolute atomic E-state index is 0.0588. The summed E-state index contributed by atoms with van der Waals surface area (Å²) in [5.41, 5.74) is 4.57. The van der Waals surface area contributed by atoms with Crippen molar-refractivity contribution in [3.8, 4) is 22.7 Å². The summed E-state index contributed by atoms with van der Waals surface area (Å²) in [6.07, 6.45) is 12.2. The molecule has 238 valence electrons. The summed E-state index contributed by atoms with van der Waals surface area (Å²) in [7, 11) is 0. The van der Waals surface area contributed by atoms with E-state index in [1.165, 1.54) is 11.8 Å². The van der Waals surface area contributed by atoms with Crippen molar-refractivity contribution in [2.45, 2.75) is 64.4 Å². The molecule has 1 aliphatic heterocycles. The third-order valence-electron chi connectivity index (χ3n) is 7.82. The van der Waals surface area contributed by atoms with Crippen LogP contribution in [0.2, 0.25) is 0 Å². The third kappa shape index (κ3) is 9.40. The molecule has 0 spiro atoms. The van der Waals surface area contributed by atoms with Crippen LogP contribution in [0.3, 0.4) is 0 Å². The molecule has 1 fully saturated rings. The molecule has 1 saturated heterocycles. The summed E-state index contributed by atoms with van der Waals surface area (Å²) < 4.78 is 8.42. The molecule has 0 aliphatic carbocycles. The van der Waals surface area contributed by atoms with E-state index in [1.807, 2.05) is 102 Å². The number of carboxylic acids is 1. The summed E-state index contributed by atoms with van der Waals surface area (Å²) in [4.78, 5) is 26.4. The molecule has 1 aromatic heterocycles. The Kier molecular flexibility index (Phi) is 12.2. The predicted octanol–water partition coefficient (Wildman–Crippen LogP) is 8.92. The Morgan fingerprint density at radius 3 is 2.15 bits per heavy atom. The molecule has 0 radical (unpaired) electrons. The number of rotatable bonds is 17. The molecule has 0 atom stereocenters. The molecular weight excluding hydrogens is 615 g/mol. The van der Waals surface area contributed by atoms with E-state index >= 15 is 0 Å². The van der Waals surface area contributed by atoms with E-state index in [1.54, 1.807) is 4.90 Å². The normalized spacial score (nSPS) is 13.9. The lowest BCUT2D eigenvalue weighted by Gasteiger charge is -2.14. The van der Waals surface area contributed by atoms with Crippen LogP contribution in [0, 0.1) is 0 Å². The van der Waals surface area contributed by atoms with Gasteiger partial charge in [0, 0.05) is 30.3 Å². The number of ether oxygens (including phenoxy) is 1. The van der Waals surface area contributed by atoms with Gasteiger partial charge < -0.3 is 9.84 Å². The second-order valence-corrected chi connectivity index (χ2v) is 13.0. The molecule has 7 nitrogen and oxygen atoms in total. The van der Waals surface area contributed by atoms with Gasteiger partial charge in [0.2, 0.25) is 0 Å². The standard InChI is InChI=1S/C37H39N3O4S2/c41-34(42)19-13-5-3-1-2-4-6-14-24-39-36(43)33(46-37(39)45)25-30-26-40(31-17-11-8-12-18-31)38-35(30)29-20-22-32(23-21-29)44-27-28-15-9-7-10-16-28/h7-12,15-18,20-23,25-26H,1-6,13-14,19,24,27H2,(H,41,42)/b33-25-. The van der Waals surface area contributed by atoms with E-state index in [4.69, 9.17) is 27.2 Å². The summed E-state index contributed by atoms with van der Waals surface area (Å²) >= 11 is 6.97. The highest BCUT2D eigenvalue weighted by Crippen LogP contribution is 2.35. The van der Waals surface area contributed by atoms with Crippen LogP contribution in [0.15, 0.2) is 96.0 Å². The van der Waals surface area contributed by atoms with Crippen LogP contribution in [-0.4, -0.2) is 42.5 Å². The van der Waals surface area contributed by atoms with Gasteiger partial charge in [0.25, 0.3) is 5.91 Å². The largest absolute Gasteiger partial charge is 0.489 e. The molecule has 0 saturated carbocycles. The number of hydrogen-bond acceptors (Lipinski definition) is 6. The monoisotopic (exact) mass is 653 g/mol. The first-order valence-corrected chi connectivity index (χ1v) is 17.1. The van der Waals surface area contributed by atoms with E-state index in [2.05, 4.69) is 0 Å². The third-order valence-corrected chi connectivity index (χ3v) is 9.20. The first-order chi connectivity index (χ1) is 22.5. The number of carbonyl (C=O) groups excluding carboxylic acids is 1. The van der Waals surface area contributed by atoms with Crippen LogP contribution in [0.4, 0.5) is 0 Å². The molecule has 1 aliphatic rings. The zero-order valence-electron chi connectivity index (χ0n) is 25.8. The second kappa shape index (κ2) is 16.9. The highest BCUT2D eigenvalue weighted by Gasteiger charge is 2.32. The van der Waals surface area contributed by atoms with Crippen LogP contribution in [0.25, 0.3) is 23.0 Å². The molecule has 1 amide bonds. The maximum absolute atomic E-state index is 13.5. The number of hydrogen-bond donors (Lipinski definition) is 1. The molecule has 9 heteroatoms. The first kappa shape index (κ1) is 33.2. The predicted molar refractivity (Wildman–Crippen MR) is 189 cm³/mol. The van der Waals surface area contributed by atoms with Gasteiger partial charge in [0.15, 0.2) is 0 Å². The number of thioether (sulfide) groups is 1. The van der Waals surface area contributed by atoms with Gasteiger partial charge in [-0.2, -0.15) is 5.10 Å². The van der Waals surface area contributed by atoms with Crippen molar-refractivity contribution in [2.24, 2.45) is 0 Å². The fourth-order valence-corrected chi connectivity index (χ4v) is 6.62. The van der Waals surface area contributed by atoms with Crippen LogP contribution in [0.5, 0.6) is 5.75 Å². The summed E-state index contributed by atoms with van der Waals surface area (Å²) in [5.74, 6) is -0.00598. The number of amides is 1. The average Bonchev–Trinajstić information content (AvgIpc) is 3.61. The molecule has 4 aromatic rings. The van der Waals surface area contributed by atoms with Gasteiger partial charge in [0.1, 0.15) is 16.7 Å². The van der Waals surface area contributed by atoms with Crippen LogP contribution in [-0.2, 0) is 16.2 Å². The Morgan fingerprint density at radius 1 is 0.848 bits per heavy atom. The maximum Gasteiger partial charge on any atom is 0.303 e. The quantitative estimate of drug-likeness (QED) is 0.0692. The fourth-order valence-electron chi connectivity index (χ4n) is 5.32. The van der Waals surface area contributed by atoms with Crippen LogP contribution in [0.1, 0.15) is 68.9 Å². The van der Waals surface area contributed by atoms with Gasteiger partial charge in [-0.1, -0.05) is 111 Å². The van der Waals surface area contributed by atoms with Crippen molar-refractivity contribution in [1.29, 1.82) is 0 Å². The van der Waals surface area contributed by atoms with Crippen molar-refractivity contribution in [3.05, 3.63) is 107 Å². The highest BCUT2D eigenvalue weighted by atomic mass is 32.2. The molecule has 46 heavy (non-hydrogen) atoms. The number of para-hydroxylation sites is 1. The summed E-state index contributed by atoms with van der Waals surface area (Å²) in [6, 6.07) is 27.9. The van der Waals surface area contributed by atoms with Gasteiger partial charge in [-0.3, -0.25) is 14.5 Å². The Balaban J connectivity index is 1.22. The van der Waals surface area contributed by atoms with E-state index in [0.717, 1.165) is 85.2 Å². The number of aromatic nitrogens is 2. The maximum atomic E-state index is 13.5. The lowest BCUT2D eigenvalue weighted by Crippen LogP contribution is -2.29. The zero-order valence-corrected chi connectivity index (χ0v) is 27.5. The molecular formula is C37H39N3O4S2. The number of carboxylic acid groups (broad SMARTS) is 1. The molecule has 3 aromatic carbocycles. The number of carbonyl (C=O) groups is 2. The number of benzene rings is 3. The van der Waals surface area contributed by atoms with Crippen LogP contribution < -0.4 is 4.74 Å². The molecule has 0 bridgehead atoms. The van der Waals surface area contributed by atoms with Gasteiger partial charge in [-0.05, 0) is 60.9 Å². The Morgan fingerprint density at radius 2 is 1.48 bits per heavy atom. The molecule has 2 heterocycles. The SMILES string of the molecule is O=C(O)CCCCCCCCCCN1C(=O)/C(=C/c2cn(-c3ccccc3)nc2-c2ccc(OCc3ccccc3)cc2)SC1=S. The van der Waals surface area contributed by atoms with Gasteiger partial charge in [0.05, 0.1) is 16.3 Å². The number of thiocarbonyl (C=S) groups is 1. The summed E-state index contributed by atoms with van der Waals surface area (Å²) in [6.45, 7) is 1.10. The zero-order chi connectivity index (χ0) is 32.1. The lowest BCUT2D eigenvalue weighted by molar-refractivity contribution is -0.137. The second-order valence-electron chi connectivity index (χ2n) is 11.3. The summed E-state index contributed by atoms with van der Waals surface area (Å²) in [5, 5.41) is 13.7. The Hall–Kier alpha value is -4.21. The average molecular weight is 654 g/mol. The van der Waals surface area contributed by atoms with Gasteiger partial charge in [-0.25, -0.2) is 4.68 Å². The highest BCUT2D eigenvalue weighted by molar-refractivity contribution is 8.26. The van der Waals surface area contributed by atoms with E-state index in [-0.39, 0.29) is 12.3 Å². The molecule has 1 N–H and O–H groups in total. The Labute approximate surface area is 280 Å². The lowest BCUT2D eigenvalue weighted by atomic mass is 10.1. The van der Waals surface area contributed by atoms with E-state index in [9.17, 15) is 9.59 Å². The van der Waals surface area contributed by atoms with Gasteiger partial charge >= 0.3 is 5.97 Å². The smallest absolute Gasteiger partial charge is 0.303 e. The number of nitrogens with zero attached hydrogens (tertiary/aromatic N) is 3. The van der Waals surface area contributed by atoms with E-state index < -0.39 is 5.97 Å².